The van der Waals surface area contributed by atoms with Crippen molar-refractivity contribution in [1.29, 1.82) is 0 Å². The summed E-state index contributed by atoms with van der Waals surface area (Å²) in [5.74, 6) is 0.481. The van der Waals surface area contributed by atoms with Gasteiger partial charge in [-0.2, -0.15) is 0 Å². The second kappa shape index (κ2) is 3.16. The van der Waals surface area contributed by atoms with Gasteiger partial charge in [0.05, 0.1) is 0 Å². The van der Waals surface area contributed by atoms with Crippen molar-refractivity contribution < 1.29 is 4.39 Å². The van der Waals surface area contributed by atoms with E-state index < -0.39 is 0 Å². The summed E-state index contributed by atoms with van der Waals surface area (Å²) in [5, 5.41) is 0. The van der Waals surface area contributed by atoms with Gasteiger partial charge < -0.3 is 5.73 Å². The van der Waals surface area contributed by atoms with E-state index in [0.717, 1.165) is 12.8 Å². The first-order chi connectivity index (χ1) is 4.34. The van der Waals surface area contributed by atoms with Gasteiger partial charge in [0.25, 0.3) is 0 Å². The lowest BCUT2D eigenvalue weighted by atomic mass is 10.0. The molecule has 1 fully saturated rings. The number of alkyl halides is 1. The van der Waals surface area contributed by atoms with Crippen molar-refractivity contribution in [2.75, 3.05) is 6.67 Å². The van der Waals surface area contributed by atoms with Crippen LogP contribution >= 0.6 is 0 Å². The molecule has 0 heterocycles. The van der Waals surface area contributed by atoms with Gasteiger partial charge in [-0.15, -0.1) is 0 Å². The fourth-order valence-electron chi connectivity index (χ4n) is 1.51. The van der Waals surface area contributed by atoms with Crippen molar-refractivity contribution in [1.82, 2.24) is 0 Å². The van der Waals surface area contributed by atoms with Gasteiger partial charge in [-0.05, 0) is 18.8 Å². The Bertz CT molecular complexity index is 79.0. The van der Waals surface area contributed by atoms with Crippen LogP contribution in [0.4, 0.5) is 4.39 Å². The first-order valence-electron chi connectivity index (χ1n) is 3.66. The highest BCUT2D eigenvalue weighted by atomic mass is 19.1. The summed E-state index contributed by atoms with van der Waals surface area (Å²) < 4.78 is 11.9. The molecular weight excluding hydrogens is 117 g/mol. The zero-order chi connectivity index (χ0) is 6.69. The summed E-state index contributed by atoms with van der Waals surface area (Å²) >= 11 is 0. The maximum atomic E-state index is 11.9. The van der Waals surface area contributed by atoms with Crippen molar-refractivity contribution in [3.8, 4) is 0 Å². The molecule has 54 valence electrons. The van der Waals surface area contributed by atoms with Crippen molar-refractivity contribution in [2.24, 2.45) is 11.7 Å². The lowest BCUT2D eigenvalue weighted by Gasteiger charge is -2.13. The molecule has 0 aromatic carbocycles. The largest absolute Gasteiger partial charge is 0.325 e. The minimum absolute atomic E-state index is 0.174. The highest BCUT2D eigenvalue weighted by Gasteiger charge is 2.21. The molecule has 1 saturated carbocycles. The smallest absolute Gasteiger partial charge is 0.105 e. The van der Waals surface area contributed by atoms with E-state index in [1.807, 2.05) is 0 Å². The van der Waals surface area contributed by atoms with Crippen LogP contribution in [0.15, 0.2) is 0 Å². The van der Waals surface area contributed by atoms with Crippen LogP contribution in [0.3, 0.4) is 0 Å². The Labute approximate surface area is 55.4 Å². The second-order valence-corrected chi connectivity index (χ2v) is 2.86. The van der Waals surface area contributed by atoms with Gasteiger partial charge in [0.1, 0.15) is 6.67 Å². The van der Waals surface area contributed by atoms with E-state index in [2.05, 4.69) is 0 Å². The van der Waals surface area contributed by atoms with E-state index in [9.17, 15) is 4.39 Å². The molecular formula is C7H14FN. The summed E-state index contributed by atoms with van der Waals surface area (Å²) in [6.07, 6.45) is 4.78. The molecule has 1 aliphatic carbocycles. The fourth-order valence-corrected chi connectivity index (χ4v) is 1.51. The summed E-state index contributed by atoms with van der Waals surface area (Å²) in [5.41, 5.74) is 5.50. The molecule has 1 atom stereocenters. The summed E-state index contributed by atoms with van der Waals surface area (Å²) in [7, 11) is 0. The third kappa shape index (κ3) is 1.65. The minimum atomic E-state index is -0.343. The molecule has 1 rings (SSSR count). The average molecular weight is 131 g/mol. The molecule has 9 heavy (non-hydrogen) atoms. The standard InChI is InChI=1S/C7H14FN/c8-5-7(9)6-3-1-2-4-6/h6-7H,1-5,9H2. The highest BCUT2D eigenvalue weighted by molar-refractivity contribution is 4.76. The molecule has 1 nitrogen and oxygen atoms in total. The predicted octanol–water partition coefficient (Wildman–Crippen LogP) is 1.47. The molecule has 0 spiro atoms. The second-order valence-electron chi connectivity index (χ2n) is 2.86. The van der Waals surface area contributed by atoms with Crippen LogP contribution in [0.2, 0.25) is 0 Å². The molecule has 2 heteroatoms. The van der Waals surface area contributed by atoms with Crippen LogP contribution in [-0.4, -0.2) is 12.7 Å². The van der Waals surface area contributed by atoms with Crippen LogP contribution in [0.25, 0.3) is 0 Å². The zero-order valence-electron chi connectivity index (χ0n) is 5.65. The number of rotatable bonds is 2. The monoisotopic (exact) mass is 131 g/mol. The first kappa shape index (κ1) is 7.00. The van der Waals surface area contributed by atoms with E-state index in [1.54, 1.807) is 0 Å². The van der Waals surface area contributed by atoms with Crippen LogP contribution < -0.4 is 5.73 Å². The van der Waals surface area contributed by atoms with Crippen molar-refractivity contribution in [3.05, 3.63) is 0 Å². The number of hydrogen-bond donors (Lipinski definition) is 1. The summed E-state index contributed by atoms with van der Waals surface area (Å²) in [4.78, 5) is 0. The molecule has 0 bridgehead atoms. The van der Waals surface area contributed by atoms with Crippen molar-refractivity contribution >= 4 is 0 Å². The Hall–Kier alpha value is -0.110. The highest BCUT2D eigenvalue weighted by Crippen LogP contribution is 2.26. The molecule has 0 aliphatic heterocycles. The van der Waals surface area contributed by atoms with Crippen LogP contribution in [-0.2, 0) is 0 Å². The number of nitrogens with two attached hydrogens (primary N) is 1. The Balaban J connectivity index is 2.24. The molecule has 1 unspecified atom stereocenters. The van der Waals surface area contributed by atoms with E-state index in [4.69, 9.17) is 5.73 Å². The maximum absolute atomic E-state index is 11.9. The lowest BCUT2D eigenvalue weighted by molar-refractivity contribution is 0.337. The van der Waals surface area contributed by atoms with Gasteiger partial charge in [0.2, 0.25) is 0 Å². The molecule has 2 N–H and O–H groups in total. The quantitative estimate of drug-likeness (QED) is 0.603. The Morgan fingerprint density at radius 2 is 2.00 bits per heavy atom. The van der Waals surface area contributed by atoms with Gasteiger partial charge in [-0.3, -0.25) is 0 Å². The van der Waals surface area contributed by atoms with Gasteiger partial charge in [-0.1, -0.05) is 12.8 Å². The molecule has 0 saturated heterocycles. The summed E-state index contributed by atoms with van der Waals surface area (Å²) in [6.45, 7) is -0.343. The third-order valence-electron chi connectivity index (χ3n) is 2.18. The number of hydrogen-bond acceptors (Lipinski definition) is 1. The SMILES string of the molecule is NC(CF)C1CCCC1. The topological polar surface area (TPSA) is 26.0 Å². The van der Waals surface area contributed by atoms with Gasteiger partial charge in [-0.25, -0.2) is 4.39 Å². The Morgan fingerprint density at radius 1 is 1.44 bits per heavy atom. The summed E-state index contributed by atoms with van der Waals surface area (Å²) in [6, 6.07) is -0.174. The minimum Gasteiger partial charge on any atom is -0.325 e. The molecule has 0 aromatic heterocycles. The molecule has 0 radical (unpaired) electrons. The Morgan fingerprint density at radius 3 is 2.44 bits per heavy atom. The van der Waals surface area contributed by atoms with Gasteiger partial charge in [0, 0.05) is 6.04 Å². The van der Waals surface area contributed by atoms with E-state index in [0.29, 0.717) is 5.92 Å². The van der Waals surface area contributed by atoms with Crippen LogP contribution in [0, 0.1) is 5.92 Å². The molecule has 0 amide bonds. The van der Waals surface area contributed by atoms with Crippen LogP contribution in [0.1, 0.15) is 25.7 Å². The van der Waals surface area contributed by atoms with Crippen LogP contribution in [0.5, 0.6) is 0 Å². The predicted molar refractivity (Wildman–Crippen MR) is 35.9 cm³/mol. The molecule has 1 aliphatic rings. The zero-order valence-corrected chi connectivity index (χ0v) is 5.65. The number of halogens is 1. The van der Waals surface area contributed by atoms with E-state index in [-0.39, 0.29) is 12.7 Å². The van der Waals surface area contributed by atoms with Gasteiger partial charge in [0.15, 0.2) is 0 Å². The van der Waals surface area contributed by atoms with E-state index >= 15 is 0 Å². The Kier molecular flexibility index (Phi) is 2.46. The van der Waals surface area contributed by atoms with Crippen molar-refractivity contribution in [3.63, 3.8) is 0 Å². The third-order valence-corrected chi connectivity index (χ3v) is 2.18. The maximum Gasteiger partial charge on any atom is 0.105 e. The van der Waals surface area contributed by atoms with Gasteiger partial charge >= 0.3 is 0 Å². The van der Waals surface area contributed by atoms with E-state index in [1.165, 1.54) is 12.8 Å². The molecule has 0 aromatic rings. The van der Waals surface area contributed by atoms with Crippen molar-refractivity contribution in [2.45, 2.75) is 31.7 Å². The fraction of sp³-hybridized carbons (Fsp3) is 1.00. The average Bonchev–Trinajstić information content (AvgIpc) is 2.37. The first-order valence-corrected chi connectivity index (χ1v) is 3.66. The normalized spacial score (nSPS) is 24.7. The lowest BCUT2D eigenvalue weighted by Crippen LogP contribution is -2.30.